The van der Waals surface area contributed by atoms with Crippen LogP contribution in [0.1, 0.15) is 28.9 Å². The highest BCUT2D eigenvalue weighted by atomic mass is 16.5. The van der Waals surface area contributed by atoms with Gasteiger partial charge in [0.15, 0.2) is 11.4 Å². The minimum atomic E-state index is -1.15. The molecule has 7 heteroatoms. The first kappa shape index (κ1) is 16.5. The Hall–Kier alpha value is -3.35. The number of aromatic nitrogens is 1. The van der Waals surface area contributed by atoms with E-state index < -0.39 is 17.8 Å². The molecule has 0 bridgehead atoms. The molecule has 0 fully saturated rings. The number of ether oxygens (including phenoxy) is 1. The molecular weight excluding hydrogens is 326 g/mol. The van der Waals surface area contributed by atoms with Crippen LogP contribution in [-0.2, 0) is 4.79 Å². The number of oxazole rings is 1. The van der Waals surface area contributed by atoms with Crippen molar-refractivity contribution in [2.45, 2.75) is 13.0 Å². The molecule has 1 atom stereocenters. The van der Waals surface area contributed by atoms with Crippen LogP contribution in [-0.4, -0.2) is 28.5 Å². The Morgan fingerprint density at radius 1 is 1.12 bits per heavy atom. The van der Waals surface area contributed by atoms with Crippen LogP contribution in [0.5, 0.6) is 5.75 Å². The molecule has 1 unspecified atom stereocenters. The van der Waals surface area contributed by atoms with Crippen LogP contribution < -0.4 is 10.5 Å². The van der Waals surface area contributed by atoms with E-state index in [2.05, 4.69) is 0 Å². The van der Waals surface area contributed by atoms with E-state index in [0.717, 1.165) is 4.57 Å². The Bertz CT molecular complexity index is 1010. The number of fused-ring (bicyclic) bond motifs is 1. The monoisotopic (exact) mass is 341 g/mol. The molecule has 0 saturated carbocycles. The summed E-state index contributed by atoms with van der Waals surface area (Å²) in [6, 6.07) is 10.0. The zero-order valence-electron chi connectivity index (χ0n) is 13.6. The maximum absolute atomic E-state index is 12.6. The quantitative estimate of drug-likeness (QED) is 0.716. The smallest absolute Gasteiger partial charge is 0.420 e. The Morgan fingerprint density at radius 2 is 1.76 bits per heavy atom. The van der Waals surface area contributed by atoms with E-state index in [0.29, 0.717) is 22.4 Å². The van der Waals surface area contributed by atoms with Crippen molar-refractivity contribution >= 4 is 22.9 Å². The van der Waals surface area contributed by atoms with Gasteiger partial charge in [0.05, 0.1) is 12.6 Å². The van der Waals surface area contributed by atoms with E-state index >= 15 is 0 Å². The van der Waals surface area contributed by atoms with Gasteiger partial charge in [0, 0.05) is 11.1 Å². The van der Waals surface area contributed by atoms with Gasteiger partial charge in [0.2, 0.25) is 0 Å². The van der Waals surface area contributed by atoms with Gasteiger partial charge in [0.1, 0.15) is 11.8 Å². The van der Waals surface area contributed by atoms with E-state index in [1.807, 2.05) is 0 Å². The highest BCUT2D eigenvalue weighted by molar-refractivity contribution is 6.10. The molecular formula is C18H15NO6. The number of rotatable bonds is 5. The van der Waals surface area contributed by atoms with E-state index in [1.165, 1.54) is 32.2 Å². The topological polar surface area (TPSA) is 98.7 Å². The molecule has 0 aliphatic carbocycles. The Balaban J connectivity index is 2.02. The van der Waals surface area contributed by atoms with Gasteiger partial charge in [-0.15, -0.1) is 0 Å². The lowest BCUT2D eigenvalue weighted by Gasteiger charge is -2.07. The first-order valence-electron chi connectivity index (χ1n) is 7.49. The largest absolute Gasteiger partial charge is 0.497 e. The third-order valence-corrected chi connectivity index (χ3v) is 3.97. The van der Waals surface area contributed by atoms with Crippen LogP contribution in [0.3, 0.4) is 0 Å². The molecule has 0 amide bonds. The van der Waals surface area contributed by atoms with Gasteiger partial charge in [-0.25, -0.2) is 9.59 Å². The van der Waals surface area contributed by atoms with Crippen LogP contribution in [0.4, 0.5) is 0 Å². The van der Waals surface area contributed by atoms with Crippen LogP contribution >= 0.6 is 0 Å². The summed E-state index contributed by atoms with van der Waals surface area (Å²) in [5.41, 5.74) is 1.28. The number of carbonyl (C=O) groups is 2. The molecule has 1 N–H and O–H groups in total. The number of hydrogen-bond donors (Lipinski definition) is 1. The fourth-order valence-corrected chi connectivity index (χ4v) is 2.56. The second kappa shape index (κ2) is 6.27. The van der Waals surface area contributed by atoms with Gasteiger partial charge in [-0.3, -0.25) is 9.36 Å². The first-order chi connectivity index (χ1) is 11.9. The standard InChI is InChI=1S/C18H15NO6/c1-10(17(21)22)19-14-8-5-12(9-15(14)25-18(19)23)16(20)11-3-6-13(24-2)7-4-11/h3-10H,1-2H3,(H,21,22). The maximum Gasteiger partial charge on any atom is 0.420 e. The average molecular weight is 341 g/mol. The molecule has 0 saturated heterocycles. The fourth-order valence-electron chi connectivity index (χ4n) is 2.56. The summed E-state index contributed by atoms with van der Waals surface area (Å²) in [6.07, 6.45) is 0. The van der Waals surface area contributed by atoms with E-state index in [9.17, 15) is 14.4 Å². The molecule has 2 aromatic carbocycles. The zero-order chi connectivity index (χ0) is 18.1. The molecule has 3 aromatic rings. The summed E-state index contributed by atoms with van der Waals surface area (Å²) >= 11 is 0. The summed E-state index contributed by atoms with van der Waals surface area (Å²) in [5, 5.41) is 9.11. The highest BCUT2D eigenvalue weighted by Crippen LogP contribution is 2.21. The minimum absolute atomic E-state index is 0.164. The minimum Gasteiger partial charge on any atom is -0.497 e. The second-order valence-corrected chi connectivity index (χ2v) is 5.49. The van der Waals surface area contributed by atoms with Crippen molar-refractivity contribution in [2.75, 3.05) is 7.11 Å². The number of nitrogens with zero attached hydrogens (tertiary/aromatic N) is 1. The number of aliphatic carboxylic acids is 1. The van der Waals surface area contributed by atoms with Crippen molar-refractivity contribution in [2.24, 2.45) is 0 Å². The normalized spacial score (nSPS) is 12.1. The van der Waals surface area contributed by atoms with Crippen LogP contribution in [0.2, 0.25) is 0 Å². The summed E-state index contributed by atoms with van der Waals surface area (Å²) in [5.74, 6) is -1.54. The molecule has 1 aromatic heterocycles. The molecule has 0 aliphatic heterocycles. The number of carboxylic acid groups (broad SMARTS) is 1. The Labute approximate surface area is 142 Å². The lowest BCUT2D eigenvalue weighted by molar-refractivity contribution is -0.140. The highest BCUT2D eigenvalue weighted by Gasteiger charge is 2.21. The summed E-state index contributed by atoms with van der Waals surface area (Å²) in [6.45, 7) is 1.38. The van der Waals surface area contributed by atoms with Crippen molar-refractivity contribution in [3.63, 3.8) is 0 Å². The molecule has 7 nitrogen and oxygen atoms in total. The Morgan fingerprint density at radius 3 is 2.36 bits per heavy atom. The van der Waals surface area contributed by atoms with Gasteiger partial charge in [-0.2, -0.15) is 0 Å². The van der Waals surface area contributed by atoms with Crippen molar-refractivity contribution in [3.05, 3.63) is 64.1 Å². The van der Waals surface area contributed by atoms with Crippen LogP contribution in [0.25, 0.3) is 11.1 Å². The number of hydrogen-bond acceptors (Lipinski definition) is 5. The molecule has 0 spiro atoms. The lowest BCUT2D eigenvalue weighted by Crippen LogP contribution is -2.24. The SMILES string of the molecule is COc1ccc(C(=O)c2ccc3c(c2)oc(=O)n3C(C)C(=O)O)cc1. The number of carboxylic acids is 1. The first-order valence-corrected chi connectivity index (χ1v) is 7.49. The van der Waals surface area contributed by atoms with Gasteiger partial charge in [-0.05, 0) is 49.4 Å². The third kappa shape index (κ3) is 2.91. The van der Waals surface area contributed by atoms with Crippen molar-refractivity contribution in [1.29, 1.82) is 0 Å². The van der Waals surface area contributed by atoms with Crippen molar-refractivity contribution in [1.82, 2.24) is 4.57 Å². The maximum atomic E-state index is 12.6. The second-order valence-electron chi connectivity index (χ2n) is 5.49. The summed E-state index contributed by atoms with van der Waals surface area (Å²) < 4.78 is 11.2. The molecule has 3 rings (SSSR count). The van der Waals surface area contributed by atoms with Crippen LogP contribution in [0.15, 0.2) is 51.7 Å². The number of benzene rings is 2. The fraction of sp³-hybridized carbons (Fsp3) is 0.167. The number of carbonyl (C=O) groups excluding carboxylic acids is 1. The summed E-state index contributed by atoms with van der Waals surface area (Å²) in [7, 11) is 1.54. The number of ketones is 1. The van der Waals surface area contributed by atoms with Crippen LogP contribution in [0, 0.1) is 0 Å². The Kier molecular flexibility index (Phi) is 4.14. The molecule has 0 radical (unpaired) electrons. The van der Waals surface area contributed by atoms with E-state index in [4.69, 9.17) is 14.3 Å². The lowest BCUT2D eigenvalue weighted by atomic mass is 10.0. The molecule has 1 heterocycles. The molecule has 128 valence electrons. The van der Waals surface area contributed by atoms with Gasteiger partial charge in [0.25, 0.3) is 0 Å². The van der Waals surface area contributed by atoms with Gasteiger partial charge in [-0.1, -0.05) is 0 Å². The molecule has 25 heavy (non-hydrogen) atoms. The van der Waals surface area contributed by atoms with E-state index in [-0.39, 0.29) is 11.4 Å². The summed E-state index contributed by atoms with van der Waals surface area (Å²) in [4.78, 5) is 35.6. The third-order valence-electron chi connectivity index (χ3n) is 3.97. The zero-order valence-corrected chi connectivity index (χ0v) is 13.6. The predicted molar refractivity (Wildman–Crippen MR) is 89.2 cm³/mol. The van der Waals surface area contributed by atoms with Gasteiger partial charge >= 0.3 is 11.7 Å². The predicted octanol–water partition coefficient (Wildman–Crippen LogP) is 2.48. The van der Waals surface area contributed by atoms with Gasteiger partial charge < -0.3 is 14.3 Å². The number of methoxy groups -OCH3 is 1. The van der Waals surface area contributed by atoms with Crippen molar-refractivity contribution in [3.8, 4) is 5.75 Å². The molecule has 0 aliphatic rings. The van der Waals surface area contributed by atoms with E-state index in [1.54, 1.807) is 24.3 Å². The average Bonchev–Trinajstić information content (AvgIpc) is 2.95. The van der Waals surface area contributed by atoms with Crippen molar-refractivity contribution < 1.29 is 23.8 Å².